The van der Waals surface area contributed by atoms with Gasteiger partial charge in [0.1, 0.15) is 0 Å². The number of hydrogen-bond acceptors (Lipinski definition) is 5. The van der Waals surface area contributed by atoms with E-state index < -0.39 is 5.60 Å². The molecule has 1 saturated heterocycles. The van der Waals surface area contributed by atoms with Gasteiger partial charge in [0.05, 0.1) is 10.0 Å². The van der Waals surface area contributed by atoms with Crippen molar-refractivity contribution in [2.75, 3.05) is 13.1 Å². The number of aromatic nitrogens is 2. The van der Waals surface area contributed by atoms with Crippen LogP contribution in [-0.2, 0) is 5.60 Å². The van der Waals surface area contributed by atoms with E-state index in [0.717, 1.165) is 6.54 Å². The van der Waals surface area contributed by atoms with Crippen LogP contribution in [0.4, 0.5) is 0 Å². The van der Waals surface area contributed by atoms with Crippen LogP contribution in [0.15, 0.2) is 22.7 Å². The fourth-order valence-corrected chi connectivity index (χ4v) is 2.32. The van der Waals surface area contributed by atoms with Crippen molar-refractivity contribution in [2.24, 2.45) is 0 Å². The SMILES string of the molecule is OC1(c2nc(-c3ccc(Cl)c(Cl)c3)no2)CCNC1. The van der Waals surface area contributed by atoms with E-state index in [1.54, 1.807) is 18.2 Å². The van der Waals surface area contributed by atoms with E-state index in [4.69, 9.17) is 27.7 Å². The molecule has 1 aliphatic rings. The molecule has 19 heavy (non-hydrogen) atoms. The van der Waals surface area contributed by atoms with Crippen LogP contribution in [0.5, 0.6) is 0 Å². The molecule has 0 saturated carbocycles. The summed E-state index contributed by atoms with van der Waals surface area (Å²) in [4.78, 5) is 4.24. The van der Waals surface area contributed by atoms with Gasteiger partial charge in [0, 0.05) is 12.1 Å². The second-order valence-electron chi connectivity index (χ2n) is 4.51. The Balaban J connectivity index is 1.94. The Bertz CT molecular complexity index is 609. The molecule has 1 unspecified atom stereocenters. The van der Waals surface area contributed by atoms with E-state index >= 15 is 0 Å². The summed E-state index contributed by atoms with van der Waals surface area (Å²) in [7, 11) is 0. The van der Waals surface area contributed by atoms with Gasteiger partial charge in [-0.3, -0.25) is 0 Å². The Labute approximate surface area is 119 Å². The molecule has 0 spiro atoms. The Morgan fingerprint density at radius 2 is 2.16 bits per heavy atom. The molecular weight excluding hydrogens is 289 g/mol. The maximum atomic E-state index is 10.3. The summed E-state index contributed by atoms with van der Waals surface area (Å²) in [5.41, 5.74) is -0.388. The summed E-state index contributed by atoms with van der Waals surface area (Å²) in [6.07, 6.45) is 0.552. The van der Waals surface area contributed by atoms with Crippen LogP contribution in [0.1, 0.15) is 12.3 Å². The van der Waals surface area contributed by atoms with Crippen molar-refractivity contribution in [2.45, 2.75) is 12.0 Å². The lowest BCUT2D eigenvalue weighted by Gasteiger charge is -2.14. The Morgan fingerprint density at radius 3 is 2.84 bits per heavy atom. The Hall–Kier alpha value is -1.14. The van der Waals surface area contributed by atoms with Gasteiger partial charge in [0.25, 0.3) is 5.89 Å². The predicted molar refractivity (Wildman–Crippen MR) is 71.1 cm³/mol. The predicted octanol–water partition coefficient (Wildman–Crippen LogP) is 2.22. The molecule has 0 radical (unpaired) electrons. The molecule has 2 N–H and O–H groups in total. The quantitative estimate of drug-likeness (QED) is 0.890. The van der Waals surface area contributed by atoms with Crippen LogP contribution in [0, 0.1) is 0 Å². The molecule has 2 aromatic rings. The third-order valence-corrected chi connectivity index (χ3v) is 3.87. The van der Waals surface area contributed by atoms with Crippen molar-refractivity contribution in [1.29, 1.82) is 0 Å². The lowest BCUT2D eigenvalue weighted by atomic mass is 10.0. The largest absolute Gasteiger partial charge is 0.379 e. The lowest BCUT2D eigenvalue weighted by Crippen LogP contribution is -2.28. The number of hydrogen-bond donors (Lipinski definition) is 2. The molecular formula is C12H11Cl2N3O2. The molecule has 5 nitrogen and oxygen atoms in total. The minimum atomic E-state index is -1.08. The number of rotatable bonds is 2. The molecule has 2 heterocycles. The summed E-state index contributed by atoms with van der Waals surface area (Å²) in [6.45, 7) is 1.14. The molecule has 1 aliphatic heterocycles. The molecule has 1 aromatic carbocycles. The van der Waals surface area contributed by atoms with E-state index in [1.807, 2.05) is 0 Å². The average Bonchev–Trinajstić information content (AvgIpc) is 3.02. The fourth-order valence-electron chi connectivity index (χ4n) is 2.03. The standard InChI is InChI=1S/C12H11Cl2N3O2/c13-8-2-1-7(5-9(8)14)10-16-11(19-17-10)12(18)3-4-15-6-12/h1-2,5,15,18H,3-4,6H2. The molecule has 0 bridgehead atoms. The van der Waals surface area contributed by atoms with Crippen LogP contribution in [0.2, 0.25) is 10.0 Å². The van der Waals surface area contributed by atoms with Crippen molar-refractivity contribution in [3.05, 3.63) is 34.1 Å². The highest BCUT2D eigenvalue weighted by atomic mass is 35.5. The maximum absolute atomic E-state index is 10.3. The second kappa shape index (κ2) is 4.76. The third-order valence-electron chi connectivity index (χ3n) is 3.13. The van der Waals surface area contributed by atoms with Crippen LogP contribution in [0.3, 0.4) is 0 Å². The van der Waals surface area contributed by atoms with Gasteiger partial charge in [-0.25, -0.2) is 0 Å². The van der Waals surface area contributed by atoms with Gasteiger partial charge < -0.3 is 14.9 Å². The minimum Gasteiger partial charge on any atom is -0.379 e. The number of nitrogens with one attached hydrogen (secondary N) is 1. The summed E-state index contributed by atoms with van der Waals surface area (Å²) >= 11 is 11.8. The van der Waals surface area contributed by atoms with E-state index in [1.165, 1.54) is 0 Å². The molecule has 0 aliphatic carbocycles. The molecule has 7 heteroatoms. The zero-order valence-electron chi connectivity index (χ0n) is 9.86. The highest BCUT2D eigenvalue weighted by Gasteiger charge is 2.38. The smallest absolute Gasteiger partial charge is 0.260 e. The number of nitrogens with zero attached hydrogens (tertiary/aromatic N) is 2. The topological polar surface area (TPSA) is 71.2 Å². The Morgan fingerprint density at radius 1 is 1.32 bits per heavy atom. The molecule has 1 fully saturated rings. The van der Waals surface area contributed by atoms with E-state index in [-0.39, 0.29) is 5.89 Å². The number of aliphatic hydroxyl groups is 1. The second-order valence-corrected chi connectivity index (χ2v) is 5.32. The van der Waals surface area contributed by atoms with Gasteiger partial charge in [-0.05, 0) is 31.2 Å². The zero-order valence-corrected chi connectivity index (χ0v) is 11.4. The highest BCUT2D eigenvalue weighted by molar-refractivity contribution is 6.42. The van der Waals surface area contributed by atoms with Crippen LogP contribution in [-0.4, -0.2) is 28.3 Å². The van der Waals surface area contributed by atoms with Gasteiger partial charge >= 0.3 is 0 Å². The molecule has 100 valence electrons. The van der Waals surface area contributed by atoms with E-state index in [9.17, 15) is 5.11 Å². The first-order valence-corrected chi connectivity index (χ1v) is 6.57. The van der Waals surface area contributed by atoms with Gasteiger partial charge in [0.2, 0.25) is 5.82 Å². The summed E-state index contributed by atoms with van der Waals surface area (Å²) < 4.78 is 5.15. The van der Waals surface area contributed by atoms with Crippen molar-refractivity contribution >= 4 is 23.2 Å². The minimum absolute atomic E-state index is 0.221. The molecule has 0 amide bonds. The van der Waals surface area contributed by atoms with Crippen molar-refractivity contribution < 1.29 is 9.63 Å². The summed E-state index contributed by atoms with van der Waals surface area (Å²) in [5, 5.41) is 18.1. The van der Waals surface area contributed by atoms with E-state index in [2.05, 4.69) is 15.5 Å². The molecule has 3 rings (SSSR count). The molecule has 1 atom stereocenters. The van der Waals surface area contributed by atoms with Gasteiger partial charge in [-0.2, -0.15) is 4.98 Å². The maximum Gasteiger partial charge on any atom is 0.260 e. The van der Waals surface area contributed by atoms with Gasteiger partial charge in [-0.1, -0.05) is 28.4 Å². The third kappa shape index (κ3) is 2.34. The normalized spacial score (nSPS) is 22.9. The van der Waals surface area contributed by atoms with Crippen LogP contribution >= 0.6 is 23.2 Å². The van der Waals surface area contributed by atoms with Gasteiger partial charge in [-0.15, -0.1) is 0 Å². The average molecular weight is 300 g/mol. The lowest BCUT2D eigenvalue weighted by molar-refractivity contribution is 0.0243. The number of halogens is 2. The number of benzene rings is 1. The van der Waals surface area contributed by atoms with Crippen molar-refractivity contribution in [3.63, 3.8) is 0 Å². The fraction of sp³-hybridized carbons (Fsp3) is 0.333. The van der Waals surface area contributed by atoms with Crippen LogP contribution in [0.25, 0.3) is 11.4 Å². The van der Waals surface area contributed by atoms with Crippen molar-refractivity contribution in [1.82, 2.24) is 15.5 Å². The zero-order chi connectivity index (χ0) is 13.5. The van der Waals surface area contributed by atoms with Crippen molar-refractivity contribution in [3.8, 4) is 11.4 Å². The number of β-amino-alcohol motifs (C(OH)–C–C–N with tert-alkyl or cyclic N) is 1. The molecule has 1 aromatic heterocycles. The van der Waals surface area contributed by atoms with Gasteiger partial charge in [0.15, 0.2) is 5.60 Å². The first-order valence-electron chi connectivity index (χ1n) is 5.81. The summed E-state index contributed by atoms with van der Waals surface area (Å²) in [5.74, 6) is 0.604. The monoisotopic (exact) mass is 299 g/mol. The summed E-state index contributed by atoms with van der Waals surface area (Å²) in [6, 6.07) is 5.08. The highest BCUT2D eigenvalue weighted by Crippen LogP contribution is 2.30. The first-order chi connectivity index (χ1) is 9.08. The van der Waals surface area contributed by atoms with E-state index in [0.29, 0.717) is 34.4 Å². The van der Waals surface area contributed by atoms with Crippen LogP contribution < -0.4 is 5.32 Å². The Kier molecular flexibility index (Phi) is 3.22. The first kappa shape index (κ1) is 12.9.